The zero-order chi connectivity index (χ0) is 11.6. The van der Waals surface area contributed by atoms with Crippen LogP contribution < -0.4 is 5.32 Å². The fraction of sp³-hybridized carbons (Fsp3) is 0.917. The van der Waals surface area contributed by atoms with Gasteiger partial charge in [-0.3, -0.25) is 4.79 Å². The molecule has 2 rings (SSSR count). The first-order valence-electron chi connectivity index (χ1n) is 6.21. The molecule has 0 radical (unpaired) electrons. The highest BCUT2D eigenvalue weighted by molar-refractivity contribution is 5.81. The van der Waals surface area contributed by atoms with Crippen LogP contribution in [0.4, 0.5) is 0 Å². The molecule has 1 N–H and O–H groups in total. The van der Waals surface area contributed by atoms with E-state index in [-0.39, 0.29) is 11.9 Å². The maximum atomic E-state index is 12.0. The Hall–Kier alpha value is -0.610. The highest BCUT2D eigenvalue weighted by Gasteiger charge is 2.37. The Balaban J connectivity index is 1.74. The second kappa shape index (κ2) is 4.72. The second-order valence-corrected chi connectivity index (χ2v) is 5.35. The molecule has 0 spiro atoms. The lowest BCUT2D eigenvalue weighted by Gasteiger charge is -2.30. The minimum Gasteiger partial charge on any atom is -0.378 e. The van der Waals surface area contributed by atoms with E-state index >= 15 is 0 Å². The molecule has 92 valence electrons. The van der Waals surface area contributed by atoms with Crippen molar-refractivity contribution in [3.8, 4) is 0 Å². The van der Waals surface area contributed by atoms with E-state index in [1.165, 1.54) is 12.8 Å². The Morgan fingerprint density at radius 2 is 2.06 bits per heavy atom. The third-order valence-corrected chi connectivity index (χ3v) is 3.63. The molecule has 0 aromatic heterocycles. The minimum absolute atomic E-state index is 0.0597. The summed E-state index contributed by atoms with van der Waals surface area (Å²) < 4.78 is 5.24. The van der Waals surface area contributed by atoms with Crippen LogP contribution in [0.2, 0.25) is 0 Å². The number of ether oxygens (including phenoxy) is 1. The number of morpholine rings is 1. The van der Waals surface area contributed by atoms with E-state index in [1.807, 2.05) is 11.8 Å². The molecule has 1 atom stereocenters. The van der Waals surface area contributed by atoms with Crippen LogP contribution in [0.3, 0.4) is 0 Å². The van der Waals surface area contributed by atoms with Gasteiger partial charge in [-0.1, -0.05) is 6.92 Å². The van der Waals surface area contributed by atoms with Crippen LogP contribution in [0.1, 0.15) is 26.7 Å². The van der Waals surface area contributed by atoms with Gasteiger partial charge in [0, 0.05) is 19.6 Å². The first kappa shape index (κ1) is 11.9. The van der Waals surface area contributed by atoms with Gasteiger partial charge in [0.15, 0.2) is 0 Å². The quantitative estimate of drug-likeness (QED) is 0.764. The molecule has 16 heavy (non-hydrogen) atoms. The highest BCUT2D eigenvalue weighted by atomic mass is 16.5. The van der Waals surface area contributed by atoms with Gasteiger partial charge in [-0.15, -0.1) is 0 Å². The third kappa shape index (κ3) is 2.95. The first-order chi connectivity index (χ1) is 7.61. The molecule has 0 aromatic carbocycles. The van der Waals surface area contributed by atoms with Crippen LogP contribution in [-0.4, -0.2) is 49.7 Å². The third-order valence-electron chi connectivity index (χ3n) is 3.63. The summed E-state index contributed by atoms with van der Waals surface area (Å²) >= 11 is 0. The largest absolute Gasteiger partial charge is 0.378 e. The molecule has 0 bridgehead atoms. The zero-order valence-corrected chi connectivity index (χ0v) is 10.3. The van der Waals surface area contributed by atoms with Gasteiger partial charge < -0.3 is 15.0 Å². The van der Waals surface area contributed by atoms with E-state index in [1.54, 1.807) is 0 Å². The molecular formula is C12H22N2O2. The summed E-state index contributed by atoms with van der Waals surface area (Å²) in [7, 11) is 0. The van der Waals surface area contributed by atoms with E-state index in [9.17, 15) is 4.79 Å². The summed E-state index contributed by atoms with van der Waals surface area (Å²) in [6.45, 7) is 8.02. The van der Waals surface area contributed by atoms with Crippen molar-refractivity contribution < 1.29 is 9.53 Å². The van der Waals surface area contributed by atoms with Gasteiger partial charge in [-0.05, 0) is 25.2 Å². The van der Waals surface area contributed by atoms with Gasteiger partial charge in [0.05, 0.1) is 19.3 Å². The number of carbonyl (C=O) groups excluding carboxylic acids is 1. The van der Waals surface area contributed by atoms with E-state index < -0.39 is 0 Å². The molecule has 1 aliphatic carbocycles. The van der Waals surface area contributed by atoms with Crippen LogP contribution in [0.25, 0.3) is 0 Å². The van der Waals surface area contributed by atoms with E-state index in [2.05, 4.69) is 12.2 Å². The Labute approximate surface area is 97.3 Å². The summed E-state index contributed by atoms with van der Waals surface area (Å²) in [5, 5.41) is 3.35. The lowest BCUT2D eigenvalue weighted by atomic mass is 10.1. The Morgan fingerprint density at radius 1 is 1.44 bits per heavy atom. The highest BCUT2D eigenvalue weighted by Crippen LogP contribution is 2.44. The average Bonchev–Trinajstić information content (AvgIpc) is 3.05. The molecule has 0 aromatic rings. The summed E-state index contributed by atoms with van der Waals surface area (Å²) in [6.07, 6.45) is 2.58. The van der Waals surface area contributed by atoms with Gasteiger partial charge in [-0.25, -0.2) is 0 Å². The number of nitrogens with one attached hydrogen (secondary N) is 1. The van der Waals surface area contributed by atoms with E-state index in [0.29, 0.717) is 18.6 Å². The van der Waals surface area contributed by atoms with Crippen molar-refractivity contribution in [2.24, 2.45) is 5.41 Å². The van der Waals surface area contributed by atoms with Gasteiger partial charge in [0.1, 0.15) is 0 Å². The average molecular weight is 226 g/mol. The number of rotatable bonds is 4. The Morgan fingerprint density at radius 3 is 2.62 bits per heavy atom. The lowest BCUT2D eigenvalue weighted by Crippen LogP contribution is -2.50. The summed E-state index contributed by atoms with van der Waals surface area (Å²) in [5.41, 5.74) is 0.458. The van der Waals surface area contributed by atoms with Gasteiger partial charge >= 0.3 is 0 Å². The van der Waals surface area contributed by atoms with Gasteiger partial charge in [-0.2, -0.15) is 0 Å². The van der Waals surface area contributed by atoms with E-state index in [0.717, 1.165) is 19.6 Å². The number of nitrogens with zero attached hydrogens (tertiary/aromatic N) is 1. The SMILES string of the molecule is CC(NCC1(C)CC1)C(=O)N1CCOCC1. The van der Waals surface area contributed by atoms with Crippen LogP contribution in [0.15, 0.2) is 0 Å². The van der Waals surface area contributed by atoms with Crippen molar-refractivity contribution in [2.45, 2.75) is 32.7 Å². The molecule has 4 heteroatoms. The fourth-order valence-electron chi connectivity index (χ4n) is 1.93. The molecular weight excluding hydrogens is 204 g/mol. The van der Waals surface area contributed by atoms with Crippen LogP contribution in [-0.2, 0) is 9.53 Å². The molecule has 1 unspecified atom stereocenters. The van der Waals surface area contributed by atoms with Crippen molar-refractivity contribution in [3.05, 3.63) is 0 Å². The predicted molar refractivity (Wildman–Crippen MR) is 62.2 cm³/mol. The van der Waals surface area contributed by atoms with Crippen molar-refractivity contribution in [1.29, 1.82) is 0 Å². The van der Waals surface area contributed by atoms with Crippen LogP contribution >= 0.6 is 0 Å². The summed E-state index contributed by atoms with van der Waals surface area (Å²) in [4.78, 5) is 13.9. The lowest BCUT2D eigenvalue weighted by molar-refractivity contribution is -0.137. The molecule has 1 amide bonds. The summed E-state index contributed by atoms with van der Waals surface area (Å²) in [5.74, 6) is 0.215. The van der Waals surface area contributed by atoms with Gasteiger partial charge in [0.25, 0.3) is 0 Å². The number of amides is 1. The standard InChI is InChI=1S/C12H22N2O2/c1-10(13-9-12(2)3-4-12)11(15)14-5-7-16-8-6-14/h10,13H,3-9H2,1-2H3. The summed E-state index contributed by atoms with van der Waals surface area (Å²) in [6, 6.07) is -0.0597. The van der Waals surface area contributed by atoms with E-state index in [4.69, 9.17) is 4.74 Å². The van der Waals surface area contributed by atoms with Gasteiger partial charge in [0.2, 0.25) is 5.91 Å². The minimum atomic E-state index is -0.0597. The first-order valence-corrected chi connectivity index (χ1v) is 6.21. The van der Waals surface area contributed by atoms with Crippen molar-refractivity contribution in [1.82, 2.24) is 10.2 Å². The van der Waals surface area contributed by atoms with Crippen LogP contribution in [0.5, 0.6) is 0 Å². The Bertz CT molecular complexity index is 258. The molecule has 1 saturated carbocycles. The Kier molecular flexibility index (Phi) is 3.50. The number of hydrogen-bond acceptors (Lipinski definition) is 3. The second-order valence-electron chi connectivity index (χ2n) is 5.35. The number of carbonyl (C=O) groups is 1. The molecule has 2 fully saturated rings. The van der Waals surface area contributed by atoms with Crippen molar-refractivity contribution in [2.75, 3.05) is 32.8 Å². The van der Waals surface area contributed by atoms with Crippen molar-refractivity contribution >= 4 is 5.91 Å². The fourth-order valence-corrected chi connectivity index (χ4v) is 1.93. The predicted octanol–water partition coefficient (Wildman–Crippen LogP) is 0.623. The molecule has 2 aliphatic rings. The normalized spacial score (nSPS) is 25.2. The molecule has 1 saturated heterocycles. The zero-order valence-electron chi connectivity index (χ0n) is 10.3. The van der Waals surface area contributed by atoms with Crippen LogP contribution in [0, 0.1) is 5.41 Å². The monoisotopic (exact) mass is 226 g/mol. The molecule has 1 heterocycles. The molecule has 1 aliphatic heterocycles. The topological polar surface area (TPSA) is 41.6 Å². The van der Waals surface area contributed by atoms with Crippen molar-refractivity contribution in [3.63, 3.8) is 0 Å². The maximum Gasteiger partial charge on any atom is 0.239 e. The number of hydrogen-bond donors (Lipinski definition) is 1. The smallest absolute Gasteiger partial charge is 0.239 e. The molecule has 4 nitrogen and oxygen atoms in total. The maximum absolute atomic E-state index is 12.0.